The lowest BCUT2D eigenvalue weighted by Crippen LogP contribution is -2.39. The van der Waals surface area contributed by atoms with Gasteiger partial charge in [0.1, 0.15) is 0 Å². The molecule has 0 radical (unpaired) electrons. The zero-order chi connectivity index (χ0) is 19.6. The predicted molar refractivity (Wildman–Crippen MR) is 106 cm³/mol. The van der Waals surface area contributed by atoms with Crippen molar-refractivity contribution in [2.24, 2.45) is 0 Å². The summed E-state index contributed by atoms with van der Waals surface area (Å²) < 4.78 is 5.07. The number of hydrogen-bond acceptors (Lipinski definition) is 5. The molecule has 1 saturated carbocycles. The molecule has 7 heteroatoms. The smallest absolute Gasteiger partial charge is 0.339 e. The molecule has 1 N–H and O–H groups in total. The molecular weight excluding hydrogens is 364 g/mol. The number of rotatable bonds is 8. The largest absolute Gasteiger partial charge is 0.452 e. The fraction of sp³-hybridized carbons (Fsp3) is 0.550. The van der Waals surface area contributed by atoms with E-state index in [0.29, 0.717) is 23.0 Å². The highest BCUT2D eigenvalue weighted by Crippen LogP contribution is 2.26. The van der Waals surface area contributed by atoms with Crippen molar-refractivity contribution >= 4 is 29.5 Å². The number of hydrogen-bond donors (Lipinski definition) is 1. The Morgan fingerprint density at radius 2 is 1.89 bits per heavy atom. The van der Waals surface area contributed by atoms with Crippen LogP contribution in [0.25, 0.3) is 0 Å². The van der Waals surface area contributed by atoms with Crippen molar-refractivity contribution in [1.82, 2.24) is 10.2 Å². The monoisotopic (exact) mass is 392 g/mol. The molecule has 6 nitrogen and oxygen atoms in total. The molecule has 0 saturated heterocycles. The number of benzene rings is 1. The molecule has 0 bridgehead atoms. The summed E-state index contributed by atoms with van der Waals surface area (Å²) in [7, 11) is 1.87. The molecule has 0 atom stereocenters. The van der Waals surface area contributed by atoms with Crippen LogP contribution in [0.1, 0.15) is 49.4 Å². The number of likely N-dealkylation sites (N-methyl/N-ethyl adjacent to an activating group) is 1. The summed E-state index contributed by atoms with van der Waals surface area (Å²) in [4.78, 5) is 38.8. The van der Waals surface area contributed by atoms with Gasteiger partial charge in [0.15, 0.2) is 6.61 Å². The first-order valence-electron chi connectivity index (χ1n) is 9.44. The third-order valence-corrected chi connectivity index (χ3v) is 5.74. The van der Waals surface area contributed by atoms with Crippen molar-refractivity contribution in [3.8, 4) is 0 Å². The van der Waals surface area contributed by atoms with Crippen molar-refractivity contribution in [3.63, 3.8) is 0 Å². The first kappa shape index (κ1) is 21.3. The van der Waals surface area contributed by atoms with Gasteiger partial charge in [0.2, 0.25) is 5.91 Å². The molecule has 1 aromatic rings. The minimum absolute atomic E-state index is 0.0670. The van der Waals surface area contributed by atoms with E-state index in [4.69, 9.17) is 4.74 Å². The Morgan fingerprint density at radius 3 is 2.59 bits per heavy atom. The van der Waals surface area contributed by atoms with Crippen molar-refractivity contribution in [2.75, 3.05) is 26.0 Å². The van der Waals surface area contributed by atoms with Crippen LogP contribution in [0.4, 0.5) is 0 Å². The third-order valence-electron chi connectivity index (χ3n) is 4.68. The highest BCUT2D eigenvalue weighted by atomic mass is 32.2. The van der Waals surface area contributed by atoms with Gasteiger partial charge in [0, 0.05) is 24.5 Å². The summed E-state index contributed by atoms with van der Waals surface area (Å²) in [5.74, 6) is -0.553. The van der Waals surface area contributed by atoms with E-state index in [1.807, 2.05) is 18.0 Å². The molecule has 1 fully saturated rings. The summed E-state index contributed by atoms with van der Waals surface area (Å²) >= 11 is 1.33. The maximum atomic E-state index is 12.5. The molecule has 27 heavy (non-hydrogen) atoms. The molecular formula is C20H28N2O4S. The van der Waals surface area contributed by atoms with Crippen LogP contribution in [0.5, 0.6) is 0 Å². The van der Waals surface area contributed by atoms with E-state index in [-0.39, 0.29) is 24.2 Å². The highest BCUT2D eigenvalue weighted by molar-refractivity contribution is 8.00. The fourth-order valence-electron chi connectivity index (χ4n) is 3.13. The van der Waals surface area contributed by atoms with E-state index in [2.05, 4.69) is 5.32 Å². The van der Waals surface area contributed by atoms with Gasteiger partial charge in [-0.2, -0.15) is 0 Å². The molecule has 1 aliphatic carbocycles. The molecule has 0 aliphatic heterocycles. The maximum Gasteiger partial charge on any atom is 0.339 e. The molecule has 2 amide bonds. The minimum Gasteiger partial charge on any atom is -0.452 e. The second-order valence-electron chi connectivity index (χ2n) is 6.61. The summed E-state index contributed by atoms with van der Waals surface area (Å²) in [5.41, 5.74) is 0.375. The van der Waals surface area contributed by atoms with Crippen molar-refractivity contribution in [2.45, 2.75) is 50.0 Å². The third kappa shape index (κ3) is 6.57. The standard InChI is InChI=1S/C20H28N2O4S/c1-3-21-18(23)13-26-20(25)16-11-7-8-12-17(16)27-14-19(24)22(2)15-9-5-4-6-10-15/h7-8,11-12,15H,3-6,9-10,13-14H2,1-2H3,(H,21,23). The SMILES string of the molecule is CCNC(=O)COC(=O)c1ccccc1SCC(=O)N(C)C1CCCCC1. The van der Waals surface area contributed by atoms with E-state index >= 15 is 0 Å². The average Bonchev–Trinajstić information content (AvgIpc) is 2.70. The average molecular weight is 393 g/mol. The Labute approximate surface area is 165 Å². The highest BCUT2D eigenvalue weighted by Gasteiger charge is 2.22. The maximum absolute atomic E-state index is 12.5. The Balaban J connectivity index is 1.91. The number of nitrogens with zero attached hydrogens (tertiary/aromatic N) is 1. The summed E-state index contributed by atoms with van der Waals surface area (Å²) in [6, 6.07) is 7.32. The summed E-state index contributed by atoms with van der Waals surface area (Å²) in [6.45, 7) is 1.97. The zero-order valence-electron chi connectivity index (χ0n) is 16.0. The predicted octanol–water partition coefficient (Wildman–Crippen LogP) is 2.86. The van der Waals surface area contributed by atoms with Gasteiger partial charge in [0.25, 0.3) is 5.91 Å². The number of ether oxygens (including phenoxy) is 1. The van der Waals surface area contributed by atoms with Crippen LogP contribution in [-0.2, 0) is 14.3 Å². The quantitative estimate of drug-likeness (QED) is 0.544. The van der Waals surface area contributed by atoms with Crippen LogP contribution in [0.3, 0.4) is 0 Å². The van der Waals surface area contributed by atoms with Gasteiger partial charge in [-0.1, -0.05) is 31.4 Å². The Kier molecular flexibility index (Phi) is 8.64. The van der Waals surface area contributed by atoms with E-state index in [0.717, 1.165) is 12.8 Å². The van der Waals surface area contributed by atoms with Gasteiger partial charge in [-0.15, -0.1) is 11.8 Å². The van der Waals surface area contributed by atoms with E-state index < -0.39 is 5.97 Å². The number of nitrogens with one attached hydrogen (secondary N) is 1. The molecule has 2 rings (SSSR count). The Hall–Kier alpha value is -2.02. The van der Waals surface area contributed by atoms with E-state index in [1.165, 1.54) is 31.0 Å². The van der Waals surface area contributed by atoms with E-state index in [9.17, 15) is 14.4 Å². The fourth-order valence-corrected chi connectivity index (χ4v) is 4.10. The number of esters is 1. The summed E-state index contributed by atoms with van der Waals surface area (Å²) in [5, 5.41) is 2.58. The van der Waals surface area contributed by atoms with Crippen LogP contribution in [0, 0.1) is 0 Å². The van der Waals surface area contributed by atoms with Crippen molar-refractivity contribution < 1.29 is 19.1 Å². The van der Waals surface area contributed by atoms with Gasteiger partial charge >= 0.3 is 5.97 Å². The van der Waals surface area contributed by atoms with Gasteiger partial charge in [0.05, 0.1) is 11.3 Å². The lowest BCUT2D eigenvalue weighted by Gasteiger charge is -2.31. The first-order chi connectivity index (χ1) is 13.0. The van der Waals surface area contributed by atoms with E-state index in [1.54, 1.807) is 25.1 Å². The minimum atomic E-state index is -0.558. The second kappa shape index (κ2) is 11.0. The molecule has 1 aromatic carbocycles. The van der Waals surface area contributed by atoms with Gasteiger partial charge in [-0.25, -0.2) is 4.79 Å². The molecule has 0 heterocycles. The van der Waals surface area contributed by atoms with Crippen LogP contribution < -0.4 is 5.32 Å². The van der Waals surface area contributed by atoms with Gasteiger partial charge in [-0.05, 0) is 31.9 Å². The normalized spacial score (nSPS) is 14.4. The second-order valence-corrected chi connectivity index (χ2v) is 7.63. The number of carbonyl (C=O) groups is 3. The molecule has 148 valence electrons. The molecule has 1 aliphatic rings. The summed E-state index contributed by atoms with van der Waals surface area (Å²) in [6.07, 6.45) is 5.73. The number of carbonyl (C=O) groups excluding carboxylic acids is 3. The molecule has 0 unspecified atom stereocenters. The van der Waals surface area contributed by atoms with Crippen LogP contribution in [-0.4, -0.2) is 54.7 Å². The topological polar surface area (TPSA) is 75.7 Å². The lowest BCUT2D eigenvalue weighted by atomic mass is 9.94. The van der Waals surface area contributed by atoms with Crippen molar-refractivity contribution in [1.29, 1.82) is 0 Å². The number of thioether (sulfide) groups is 1. The first-order valence-corrected chi connectivity index (χ1v) is 10.4. The Morgan fingerprint density at radius 1 is 1.19 bits per heavy atom. The van der Waals surface area contributed by atoms with Crippen molar-refractivity contribution in [3.05, 3.63) is 29.8 Å². The zero-order valence-corrected chi connectivity index (χ0v) is 16.8. The molecule has 0 aromatic heterocycles. The van der Waals surface area contributed by atoms with Crippen LogP contribution >= 0.6 is 11.8 Å². The van der Waals surface area contributed by atoms with Gasteiger partial charge in [-0.3, -0.25) is 9.59 Å². The van der Waals surface area contributed by atoms with Crippen LogP contribution in [0.2, 0.25) is 0 Å². The Bertz CT molecular complexity index is 659. The van der Waals surface area contributed by atoms with Gasteiger partial charge < -0.3 is 15.0 Å². The molecule has 0 spiro atoms. The number of amides is 2. The van der Waals surface area contributed by atoms with Crippen LogP contribution in [0.15, 0.2) is 29.2 Å². The lowest BCUT2D eigenvalue weighted by molar-refractivity contribution is -0.129.